The summed E-state index contributed by atoms with van der Waals surface area (Å²) in [5, 5.41) is 0. The van der Waals surface area contributed by atoms with Gasteiger partial charge in [-0.15, -0.1) is 0 Å². The molecule has 0 saturated heterocycles. The van der Waals surface area contributed by atoms with Crippen LogP contribution in [0.5, 0.6) is 0 Å². The fourth-order valence-electron chi connectivity index (χ4n) is 2.48. The van der Waals surface area contributed by atoms with Gasteiger partial charge in [-0.2, -0.15) is 0 Å². The fraction of sp³-hybridized carbons (Fsp3) is 0.769. The van der Waals surface area contributed by atoms with Crippen LogP contribution in [0.3, 0.4) is 0 Å². The Morgan fingerprint density at radius 1 is 1.20 bits per heavy atom. The summed E-state index contributed by atoms with van der Waals surface area (Å²) in [4.78, 5) is 27.2. The lowest BCUT2D eigenvalue weighted by Gasteiger charge is -2.28. The Balaban J connectivity index is 2.52. The molecule has 0 heterocycles. The van der Waals surface area contributed by atoms with Crippen molar-refractivity contribution in [3.05, 3.63) is 0 Å². The summed E-state index contributed by atoms with van der Waals surface area (Å²) in [7, 11) is 1.72. The average molecular weight is 300 g/mol. The van der Waals surface area contributed by atoms with E-state index in [0.717, 1.165) is 25.7 Å². The molecule has 0 bridgehead atoms. The quantitative estimate of drug-likeness (QED) is 0.608. The number of thiocarbonyl (C=S) groups is 1. The third-order valence-corrected chi connectivity index (χ3v) is 3.86. The van der Waals surface area contributed by atoms with Gasteiger partial charge in [-0.25, -0.2) is 0 Å². The van der Waals surface area contributed by atoms with Crippen molar-refractivity contribution < 1.29 is 9.59 Å². The Morgan fingerprint density at radius 2 is 1.80 bits per heavy atom. The standard InChI is InChI=1S/C13H24N4O2S/c1-16(7-6-12(15)20)13(19)9-17(8-11(14)18)10-4-2-3-5-10/h10H,2-9H2,1H3,(H2,14,18)(H2,15,20). The van der Waals surface area contributed by atoms with Crippen molar-refractivity contribution >= 4 is 29.0 Å². The Bertz CT molecular complexity index is 369. The third-order valence-electron chi connectivity index (χ3n) is 3.66. The minimum absolute atomic E-state index is 0.0330. The molecule has 0 aliphatic heterocycles. The van der Waals surface area contributed by atoms with Gasteiger partial charge in [0.1, 0.15) is 0 Å². The van der Waals surface area contributed by atoms with Crippen LogP contribution < -0.4 is 11.5 Å². The van der Waals surface area contributed by atoms with Crippen LogP contribution in [0.1, 0.15) is 32.1 Å². The number of primary amides is 1. The Morgan fingerprint density at radius 3 is 2.30 bits per heavy atom. The molecule has 0 atom stereocenters. The van der Waals surface area contributed by atoms with E-state index in [4.69, 9.17) is 23.7 Å². The van der Waals surface area contributed by atoms with E-state index in [1.807, 2.05) is 4.90 Å². The molecular formula is C13H24N4O2S. The zero-order valence-electron chi connectivity index (χ0n) is 12.0. The average Bonchev–Trinajstić information content (AvgIpc) is 2.88. The van der Waals surface area contributed by atoms with E-state index < -0.39 is 5.91 Å². The number of rotatable bonds is 8. The van der Waals surface area contributed by atoms with E-state index >= 15 is 0 Å². The summed E-state index contributed by atoms with van der Waals surface area (Å²) in [6.45, 7) is 0.865. The highest BCUT2D eigenvalue weighted by Gasteiger charge is 2.26. The molecule has 0 aromatic carbocycles. The Kier molecular flexibility index (Phi) is 6.87. The number of nitrogens with zero attached hydrogens (tertiary/aromatic N) is 2. The lowest BCUT2D eigenvalue weighted by molar-refractivity contribution is -0.132. The molecule has 1 aliphatic rings. The van der Waals surface area contributed by atoms with Crippen molar-refractivity contribution in [2.24, 2.45) is 11.5 Å². The summed E-state index contributed by atoms with van der Waals surface area (Å²) in [6.07, 6.45) is 4.85. The van der Waals surface area contributed by atoms with E-state index in [1.54, 1.807) is 11.9 Å². The van der Waals surface area contributed by atoms with Gasteiger partial charge in [0.15, 0.2) is 0 Å². The zero-order chi connectivity index (χ0) is 15.1. The molecule has 0 spiro atoms. The number of carbonyl (C=O) groups is 2. The maximum atomic E-state index is 12.2. The van der Waals surface area contributed by atoms with Gasteiger partial charge in [-0.05, 0) is 12.8 Å². The van der Waals surface area contributed by atoms with Gasteiger partial charge >= 0.3 is 0 Å². The predicted octanol–water partition coefficient (Wildman–Crippen LogP) is -0.149. The topological polar surface area (TPSA) is 92.7 Å². The Labute approximate surface area is 125 Å². The minimum Gasteiger partial charge on any atom is -0.393 e. The van der Waals surface area contributed by atoms with Gasteiger partial charge in [0, 0.05) is 26.1 Å². The Hall–Kier alpha value is -1.21. The summed E-state index contributed by atoms with van der Waals surface area (Å²) < 4.78 is 0. The van der Waals surface area contributed by atoms with Crippen molar-refractivity contribution in [3.63, 3.8) is 0 Å². The number of amides is 2. The van der Waals surface area contributed by atoms with Gasteiger partial charge in [0.2, 0.25) is 11.8 Å². The fourth-order valence-corrected chi connectivity index (χ4v) is 2.57. The number of likely N-dealkylation sites (N-methyl/N-ethyl adjacent to an activating group) is 1. The zero-order valence-corrected chi connectivity index (χ0v) is 12.8. The van der Waals surface area contributed by atoms with E-state index in [9.17, 15) is 9.59 Å². The van der Waals surface area contributed by atoms with Crippen molar-refractivity contribution in [2.45, 2.75) is 38.1 Å². The van der Waals surface area contributed by atoms with Crippen molar-refractivity contribution in [1.82, 2.24) is 9.80 Å². The van der Waals surface area contributed by atoms with Gasteiger partial charge in [-0.3, -0.25) is 14.5 Å². The lowest BCUT2D eigenvalue weighted by atomic mass is 10.2. The van der Waals surface area contributed by atoms with Crippen LogP contribution in [0.4, 0.5) is 0 Å². The largest absolute Gasteiger partial charge is 0.393 e. The smallest absolute Gasteiger partial charge is 0.236 e. The van der Waals surface area contributed by atoms with Crippen LogP contribution in [0.25, 0.3) is 0 Å². The van der Waals surface area contributed by atoms with Crippen LogP contribution in [0.15, 0.2) is 0 Å². The molecule has 0 unspecified atom stereocenters. The molecule has 2 amide bonds. The maximum absolute atomic E-state index is 12.2. The van der Waals surface area contributed by atoms with Crippen LogP contribution >= 0.6 is 12.2 Å². The number of carbonyl (C=O) groups excluding carboxylic acids is 2. The molecule has 1 rings (SSSR count). The summed E-state index contributed by atoms with van der Waals surface area (Å²) >= 11 is 4.80. The summed E-state index contributed by atoms with van der Waals surface area (Å²) in [6, 6.07) is 0.287. The van der Waals surface area contributed by atoms with E-state index in [1.165, 1.54) is 0 Å². The molecule has 0 radical (unpaired) electrons. The lowest BCUT2D eigenvalue weighted by Crippen LogP contribution is -2.46. The predicted molar refractivity (Wildman–Crippen MR) is 82.1 cm³/mol. The first kappa shape index (κ1) is 16.8. The monoisotopic (exact) mass is 300 g/mol. The molecule has 1 aliphatic carbocycles. The number of hydrogen-bond donors (Lipinski definition) is 2. The first-order valence-corrected chi connectivity index (χ1v) is 7.35. The van der Waals surface area contributed by atoms with E-state index in [0.29, 0.717) is 18.0 Å². The van der Waals surface area contributed by atoms with Gasteiger partial charge in [-0.1, -0.05) is 25.1 Å². The van der Waals surface area contributed by atoms with Crippen LogP contribution in [-0.2, 0) is 9.59 Å². The first-order chi connectivity index (χ1) is 9.40. The van der Waals surface area contributed by atoms with E-state index in [2.05, 4.69) is 0 Å². The molecule has 0 aromatic heterocycles. The number of nitrogens with two attached hydrogens (primary N) is 2. The van der Waals surface area contributed by atoms with Crippen LogP contribution in [-0.4, -0.2) is 59.3 Å². The van der Waals surface area contributed by atoms with Gasteiger partial charge in [0.25, 0.3) is 0 Å². The second-order valence-corrected chi connectivity index (χ2v) is 5.87. The highest BCUT2D eigenvalue weighted by Crippen LogP contribution is 2.23. The molecule has 1 fully saturated rings. The van der Waals surface area contributed by atoms with Crippen molar-refractivity contribution in [3.8, 4) is 0 Å². The van der Waals surface area contributed by atoms with E-state index in [-0.39, 0.29) is 25.0 Å². The van der Waals surface area contributed by atoms with Crippen LogP contribution in [0, 0.1) is 0 Å². The molecular weight excluding hydrogens is 276 g/mol. The summed E-state index contributed by atoms with van der Waals surface area (Å²) in [5.41, 5.74) is 10.7. The molecule has 4 N–H and O–H groups in total. The summed E-state index contributed by atoms with van der Waals surface area (Å²) in [5.74, 6) is -0.426. The van der Waals surface area contributed by atoms with Crippen molar-refractivity contribution in [2.75, 3.05) is 26.7 Å². The third kappa shape index (κ3) is 5.83. The number of hydrogen-bond acceptors (Lipinski definition) is 4. The highest BCUT2D eigenvalue weighted by atomic mass is 32.1. The maximum Gasteiger partial charge on any atom is 0.236 e. The minimum atomic E-state index is -0.393. The molecule has 6 nitrogen and oxygen atoms in total. The second kappa shape index (κ2) is 8.16. The molecule has 7 heteroatoms. The second-order valence-electron chi connectivity index (χ2n) is 5.34. The molecule has 114 valence electrons. The SMILES string of the molecule is CN(CCC(N)=S)C(=O)CN(CC(N)=O)C1CCCC1. The highest BCUT2D eigenvalue weighted by molar-refractivity contribution is 7.80. The van der Waals surface area contributed by atoms with Crippen LogP contribution in [0.2, 0.25) is 0 Å². The first-order valence-electron chi connectivity index (χ1n) is 6.94. The molecule has 0 aromatic rings. The van der Waals surface area contributed by atoms with Gasteiger partial charge in [0.05, 0.1) is 18.1 Å². The van der Waals surface area contributed by atoms with Crippen molar-refractivity contribution in [1.29, 1.82) is 0 Å². The van der Waals surface area contributed by atoms with Gasteiger partial charge < -0.3 is 16.4 Å². The normalized spacial score (nSPS) is 15.5. The molecule has 1 saturated carbocycles. The molecule has 20 heavy (non-hydrogen) atoms.